The Morgan fingerprint density at radius 1 is 1.45 bits per heavy atom. The molecule has 1 heterocycles. The molecule has 0 saturated carbocycles. The third-order valence-electron chi connectivity index (χ3n) is 2.81. The summed E-state index contributed by atoms with van der Waals surface area (Å²) in [6.07, 6.45) is 3.18. The standard InChI is InChI=1S/C12H18N4O3S/c1-4-5-6-9(17)14-13-7-8-10(18)15(2)12(20)16(3)11(8)19/h7,18H,4-6H2,1-3H3,(H,14,17). The first kappa shape index (κ1) is 16.1. The minimum Gasteiger partial charge on any atom is -0.494 e. The van der Waals surface area contributed by atoms with Crippen LogP contribution >= 0.6 is 12.2 Å². The van der Waals surface area contributed by atoms with Crippen molar-refractivity contribution in [1.82, 2.24) is 14.6 Å². The molecule has 0 aliphatic heterocycles. The monoisotopic (exact) mass is 298 g/mol. The van der Waals surface area contributed by atoms with Crippen molar-refractivity contribution in [3.8, 4) is 5.88 Å². The molecule has 0 atom stereocenters. The van der Waals surface area contributed by atoms with Gasteiger partial charge in [-0.15, -0.1) is 0 Å². The third-order valence-corrected chi connectivity index (χ3v) is 3.36. The molecule has 0 aliphatic rings. The average Bonchev–Trinajstić information content (AvgIpc) is 2.44. The molecule has 0 aromatic carbocycles. The summed E-state index contributed by atoms with van der Waals surface area (Å²) in [4.78, 5) is 23.3. The van der Waals surface area contributed by atoms with Gasteiger partial charge < -0.3 is 5.11 Å². The Labute approximate surface area is 121 Å². The molecule has 110 valence electrons. The van der Waals surface area contributed by atoms with Crippen LogP contribution in [0.4, 0.5) is 0 Å². The van der Waals surface area contributed by atoms with Gasteiger partial charge in [0.05, 0.1) is 6.21 Å². The number of unbranched alkanes of at least 4 members (excludes halogenated alkanes) is 1. The zero-order valence-corrected chi connectivity index (χ0v) is 12.5. The zero-order chi connectivity index (χ0) is 15.3. The average molecular weight is 298 g/mol. The molecule has 0 spiro atoms. The first-order valence-corrected chi connectivity index (χ1v) is 6.61. The van der Waals surface area contributed by atoms with Crippen LogP contribution in [0.2, 0.25) is 0 Å². The smallest absolute Gasteiger partial charge is 0.266 e. The van der Waals surface area contributed by atoms with Gasteiger partial charge in [0, 0.05) is 20.5 Å². The zero-order valence-electron chi connectivity index (χ0n) is 11.7. The number of hydrazone groups is 1. The van der Waals surface area contributed by atoms with E-state index in [9.17, 15) is 14.7 Å². The van der Waals surface area contributed by atoms with Crippen molar-refractivity contribution in [2.75, 3.05) is 0 Å². The van der Waals surface area contributed by atoms with E-state index in [1.807, 2.05) is 6.92 Å². The molecule has 1 aromatic rings. The number of carbonyl (C=O) groups excluding carboxylic acids is 1. The van der Waals surface area contributed by atoms with Gasteiger partial charge in [0.25, 0.3) is 5.56 Å². The van der Waals surface area contributed by atoms with Crippen molar-refractivity contribution >= 4 is 24.3 Å². The molecule has 0 unspecified atom stereocenters. The Balaban J connectivity index is 2.97. The van der Waals surface area contributed by atoms with Crippen molar-refractivity contribution in [1.29, 1.82) is 0 Å². The van der Waals surface area contributed by atoms with Gasteiger partial charge in [0.2, 0.25) is 11.8 Å². The fourth-order valence-electron chi connectivity index (χ4n) is 1.53. The summed E-state index contributed by atoms with van der Waals surface area (Å²) in [5.41, 5.74) is 1.81. The van der Waals surface area contributed by atoms with Gasteiger partial charge in [-0.25, -0.2) is 5.43 Å². The Morgan fingerprint density at radius 3 is 2.70 bits per heavy atom. The number of hydrogen-bond donors (Lipinski definition) is 2. The van der Waals surface area contributed by atoms with E-state index >= 15 is 0 Å². The predicted octanol–water partition coefficient (Wildman–Crippen LogP) is 0.799. The second-order valence-corrected chi connectivity index (χ2v) is 4.70. The maximum atomic E-state index is 11.9. The highest BCUT2D eigenvalue weighted by Gasteiger charge is 2.11. The van der Waals surface area contributed by atoms with Crippen LogP contribution < -0.4 is 11.0 Å². The highest BCUT2D eigenvalue weighted by Crippen LogP contribution is 2.09. The summed E-state index contributed by atoms with van der Waals surface area (Å²) in [7, 11) is 3.04. The summed E-state index contributed by atoms with van der Waals surface area (Å²) in [5, 5.41) is 13.6. The quantitative estimate of drug-likeness (QED) is 0.478. The number of hydrogen-bond acceptors (Lipinski definition) is 5. The van der Waals surface area contributed by atoms with Crippen molar-refractivity contribution < 1.29 is 9.90 Å². The van der Waals surface area contributed by atoms with Crippen LogP contribution in [0, 0.1) is 4.77 Å². The second kappa shape index (κ2) is 6.99. The van der Waals surface area contributed by atoms with Crippen molar-refractivity contribution in [3.63, 3.8) is 0 Å². The van der Waals surface area contributed by atoms with Gasteiger partial charge in [0.15, 0.2) is 4.77 Å². The van der Waals surface area contributed by atoms with Gasteiger partial charge in [-0.3, -0.25) is 18.7 Å². The molecule has 7 nitrogen and oxygen atoms in total. The van der Waals surface area contributed by atoms with Crippen LogP contribution in [-0.4, -0.2) is 26.4 Å². The molecular formula is C12H18N4O3S. The SMILES string of the molecule is CCCCC(=O)NN=Cc1c(O)n(C)c(=S)n(C)c1=O. The molecule has 2 N–H and O–H groups in total. The lowest BCUT2D eigenvalue weighted by molar-refractivity contribution is -0.121. The van der Waals surface area contributed by atoms with Crippen molar-refractivity contribution in [2.45, 2.75) is 26.2 Å². The van der Waals surface area contributed by atoms with Gasteiger partial charge in [-0.2, -0.15) is 5.10 Å². The molecule has 0 aliphatic carbocycles. The maximum absolute atomic E-state index is 11.9. The van der Waals surface area contributed by atoms with Gasteiger partial charge in [0.1, 0.15) is 5.56 Å². The van der Waals surface area contributed by atoms with E-state index in [0.717, 1.165) is 19.1 Å². The number of rotatable bonds is 5. The van der Waals surface area contributed by atoms with Gasteiger partial charge in [-0.1, -0.05) is 13.3 Å². The van der Waals surface area contributed by atoms with E-state index in [0.29, 0.717) is 6.42 Å². The Morgan fingerprint density at radius 2 is 2.10 bits per heavy atom. The van der Waals surface area contributed by atoms with E-state index in [4.69, 9.17) is 12.2 Å². The third kappa shape index (κ3) is 3.53. The molecule has 0 fully saturated rings. The second-order valence-electron chi connectivity index (χ2n) is 4.34. The minimum absolute atomic E-state index is 0.0283. The number of aromatic nitrogens is 2. The first-order chi connectivity index (χ1) is 9.40. The number of nitrogens with zero attached hydrogens (tertiary/aromatic N) is 3. The number of amides is 1. The lowest BCUT2D eigenvalue weighted by atomic mass is 10.2. The maximum Gasteiger partial charge on any atom is 0.266 e. The van der Waals surface area contributed by atoms with E-state index < -0.39 is 5.56 Å². The number of nitrogens with one attached hydrogen (secondary N) is 1. The lowest BCUT2D eigenvalue weighted by Gasteiger charge is -2.08. The van der Waals surface area contributed by atoms with Crippen LogP contribution in [0.15, 0.2) is 9.90 Å². The predicted molar refractivity (Wildman–Crippen MR) is 78.4 cm³/mol. The summed E-state index contributed by atoms with van der Waals surface area (Å²) in [5.74, 6) is -0.520. The Bertz CT molecular complexity index is 645. The molecule has 1 aromatic heterocycles. The number of carbonyl (C=O) groups is 1. The van der Waals surface area contributed by atoms with Gasteiger partial charge >= 0.3 is 0 Å². The molecule has 0 bridgehead atoms. The van der Waals surface area contributed by atoms with Crippen LogP contribution in [-0.2, 0) is 18.9 Å². The molecule has 1 rings (SSSR count). The Hall–Kier alpha value is -1.96. The lowest BCUT2D eigenvalue weighted by Crippen LogP contribution is -2.26. The van der Waals surface area contributed by atoms with Crippen LogP contribution in [0.5, 0.6) is 5.88 Å². The fraction of sp³-hybridized carbons (Fsp3) is 0.500. The van der Waals surface area contributed by atoms with E-state index in [2.05, 4.69) is 10.5 Å². The largest absolute Gasteiger partial charge is 0.494 e. The van der Waals surface area contributed by atoms with Crippen LogP contribution in [0.25, 0.3) is 0 Å². The molecule has 0 radical (unpaired) electrons. The van der Waals surface area contributed by atoms with Crippen molar-refractivity contribution in [3.05, 3.63) is 20.7 Å². The fourth-order valence-corrected chi connectivity index (χ4v) is 1.70. The summed E-state index contributed by atoms with van der Waals surface area (Å²) in [6, 6.07) is 0. The summed E-state index contributed by atoms with van der Waals surface area (Å²) in [6.45, 7) is 1.98. The highest BCUT2D eigenvalue weighted by atomic mass is 32.1. The highest BCUT2D eigenvalue weighted by molar-refractivity contribution is 7.71. The Kier molecular flexibility index (Phi) is 5.63. The molecule has 8 heteroatoms. The van der Waals surface area contributed by atoms with Gasteiger partial charge in [-0.05, 0) is 18.6 Å². The minimum atomic E-state index is -0.475. The molecular weight excluding hydrogens is 280 g/mol. The first-order valence-electron chi connectivity index (χ1n) is 6.21. The van der Waals surface area contributed by atoms with E-state index in [-0.39, 0.29) is 22.1 Å². The molecule has 0 saturated heterocycles. The summed E-state index contributed by atoms with van der Waals surface area (Å²) >= 11 is 4.98. The van der Waals surface area contributed by atoms with Crippen LogP contribution in [0.1, 0.15) is 31.7 Å². The van der Waals surface area contributed by atoms with E-state index in [1.165, 1.54) is 23.2 Å². The number of aromatic hydroxyl groups is 1. The van der Waals surface area contributed by atoms with Crippen molar-refractivity contribution in [2.24, 2.45) is 19.2 Å². The topological polar surface area (TPSA) is 88.6 Å². The molecule has 20 heavy (non-hydrogen) atoms. The normalized spacial score (nSPS) is 10.9. The van der Waals surface area contributed by atoms with E-state index in [1.54, 1.807) is 0 Å². The van der Waals surface area contributed by atoms with Crippen LogP contribution in [0.3, 0.4) is 0 Å². The summed E-state index contributed by atoms with van der Waals surface area (Å²) < 4.78 is 2.70. The molecule has 1 amide bonds.